The molecule has 0 spiro atoms. The zero-order valence-electron chi connectivity index (χ0n) is 20.1. The third kappa shape index (κ3) is 4.88. The number of ketones is 1. The number of hydrogen-bond acceptors (Lipinski definition) is 6. The second-order valence-electron chi connectivity index (χ2n) is 8.58. The first kappa shape index (κ1) is 24.3. The Balaban J connectivity index is 2.19. The number of benzene rings is 2. The lowest BCUT2D eigenvalue weighted by Crippen LogP contribution is -2.32. The SMILES string of the molecule is COc1ccc(C2C(=C(O)c3cc(C)ccc3C)C(=O)C(=O)N2CCCN(C)C)cc1OC. The number of hydrogen-bond donors (Lipinski definition) is 1. The molecule has 1 atom stereocenters. The van der Waals surface area contributed by atoms with Crippen molar-refractivity contribution >= 4 is 17.4 Å². The molecule has 0 bridgehead atoms. The highest BCUT2D eigenvalue weighted by atomic mass is 16.5. The molecule has 0 aromatic heterocycles. The highest BCUT2D eigenvalue weighted by molar-refractivity contribution is 6.46. The highest BCUT2D eigenvalue weighted by Gasteiger charge is 2.46. The predicted molar refractivity (Wildman–Crippen MR) is 128 cm³/mol. The van der Waals surface area contributed by atoms with Crippen LogP contribution in [0.4, 0.5) is 0 Å². The molecule has 0 radical (unpaired) electrons. The number of amides is 1. The lowest BCUT2D eigenvalue weighted by atomic mass is 9.93. The summed E-state index contributed by atoms with van der Waals surface area (Å²) < 4.78 is 10.8. The summed E-state index contributed by atoms with van der Waals surface area (Å²) in [4.78, 5) is 29.9. The quantitative estimate of drug-likeness (QED) is 0.374. The number of nitrogens with zero attached hydrogens (tertiary/aromatic N) is 2. The molecule has 1 amide bonds. The minimum atomic E-state index is -0.730. The van der Waals surface area contributed by atoms with Crippen LogP contribution < -0.4 is 9.47 Å². The fourth-order valence-electron chi connectivity index (χ4n) is 4.17. The van der Waals surface area contributed by atoms with E-state index in [9.17, 15) is 14.7 Å². The lowest BCUT2D eigenvalue weighted by Gasteiger charge is -2.26. The van der Waals surface area contributed by atoms with Gasteiger partial charge >= 0.3 is 0 Å². The summed E-state index contributed by atoms with van der Waals surface area (Å²) in [6.45, 7) is 4.93. The minimum absolute atomic E-state index is 0.0887. The molecule has 33 heavy (non-hydrogen) atoms. The molecule has 1 unspecified atom stereocenters. The lowest BCUT2D eigenvalue weighted by molar-refractivity contribution is -0.139. The van der Waals surface area contributed by atoms with Crippen molar-refractivity contribution in [1.29, 1.82) is 0 Å². The first-order valence-electron chi connectivity index (χ1n) is 10.9. The fraction of sp³-hybridized carbons (Fsp3) is 0.385. The summed E-state index contributed by atoms with van der Waals surface area (Å²) in [5.41, 5.74) is 3.08. The number of ether oxygens (including phenoxy) is 2. The van der Waals surface area contributed by atoms with Crippen molar-refractivity contribution in [3.8, 4) is 11.5 Å². The maximum absolute atomic E-state index is 13.2. The predicted octanol–water partition coefficient (Wildman–Crippen LogP) is 3.69. The van der Waals surface area contributed by atoms with Gasteiger partial charge in [-0.3, -0.25) is 9.59 Å². The number of Topliss-reactive ketones (excluding diaryl/α,β-unsaturated/α-hetero) is 1. The van der Waals surface area contributed by atoms with Gasteiger partial charge in [-0.15, -0.1) is 0 Å². The maximum Gasteiger partial charge on any atom is 0.295 e. The monoisotopic (exact) mass is 452 g/mol. The molecular weight excluding hydrogens is 420 g/mol. The summed E-state index contributed by atoms with van der Waals surface area (Å²) in [6.07, 6.45) is 0.688. The van der Waals surface area contributed by atoms with E-state index in [0.717, 1.165) is 17.7 Å². The van der Waals surface area contributed by atoms with Gasteiger partial charge in [-0.2, -0.15) is 0 Å². The molecule has 1 aliphatic rings. The van der Waals surface area contributed by atoms with Crippen molar-refractivity contribution in [3.63, 3.8) is 0 Å². The third-order valence-corrected chi connectivity index (χ3v) is 5.92. The molecule has 0 aliphatic carbocycles. The molecule has 0 saturated carbocycles. The van der Waals surface area contributed by atoms with Gasteiger partial charge < -0.3 is 24.4 Å². The molecule has 176 valence electrons. The third-order valence-electron chi connectivity index (χ3n) is 5.92. The first-order chi connectivity index (χ1) is 15.7. The van der Waals surface area contributed by atoms with E-state index in [1.54, 1.807) is 30.2 Å². The van der Waals surface area contributed by atoms with E-state index >= 15 is 0 Å². The molecule has 2 aromatic carbocycles. The fourth-order valence-corrected chi connectivity index (χ4v) is 4.17. The van der Waals surface area contributed by atoms with Crippen LogP contribution >= 0.6 is 0 Å². The smallest absolute Gasteiger partial charge is 0.295 e. The number of aliphatic hydroxyl groups excluding tert-OH is 1. The first-order valence-corrected chi connectivity index (χ1v) is 10.9. The second kappa shape index (κ2) is 10.1. The molecule has 2 aromatic rings. The van der Waals surface area contributed by atoms with Crippen molar-refractivity contribution in [2.24, 2.45) is 0 Å². The van der Waals surface area contributed by atoms with Gasteiger partial charge in [0.1, 0.15) is 5.76 Å². The summed E-state index contributed by atoms with van der Waals surface area (Å²) >= 11 is 0. The average molecular weight is 453 g/mol. The van der Waals surface area contributed by atoms with Gasteiger partial charge in [0, 0.05) is 12.1 Å². The number of aliphatic hydroxyl groups is 1. The van der Waals surface area contributed by atoms with Crippen molar-refractivity contribution in [3.05, 3.63) is 64.2 Å². The highest BCUT2D eigenvalue weighted by Crippen LogP contribution is 2.42. The van der Waals surface area contributed by atoms with Crippen LogP contribution in [0.25, 0.3) is 5.76 Å². The van der Waals surface area contributed by atoms with Crippen LogP contribution in [0, 0.1) is 13.8 Å². The van der Waals surface area contributed by atoms with E-state index in [1.165, 1.54) is 7.11 Å². The Kier molecular flexibility index (Phi) is 7.43. The van der Waals surface area contributed by atoms with E-state index in [-0.39, 0.29) is 11.3 Å². The topological polar surface area (TPSA) is 79.3 Å². The van der Waals surface area contributed by atoms with Crippen LogP contribution in [-0.4, -0.2) is 68.0 Å². The number of carbonyl (C=O) groups excluding carboxylic acids is 2. The Morgan fingerprint density at radius 2 is 1.73 bits per heavy atom. The van der Waals surface area contributed by atoms with Crippen molar-refractivity contribution in [1.82, 2.24) is 9.80 Å². The largest absolute Gasteiger partial charge is 0.507 e. The van der Waals surface area contributed by atoms with Crippen LogP contribution in [0.5, 0.6) is 11.5 Å². The number of carbonyl (C=O) groups is 2. The molecule has 1 N–H and O–H groups in total. The Morgan fingerprint density at radius 3 is 2.36 bits per heavy atom. The summed E-state index contributed by atoms with van der Waals surface area (Å²) in [6, 6.07) is 10.2. The molecule has 7 heteroatoms. The van der Waals surface area contributed by atoms with E-state index in [2.05, 4.69) is 0 Å². The van der Waals surface area contributed by atoms with Crippen molar-refractivity contribution in [2.45, 2.75) is 26.3 Å². The molecule has 1 saturated heterocycles. The van der Waals surface area contributed by atoms with Crippen LogP contribution in [0.3, 0.4) is 0 Å². The summed E-state index contributed by atoms with van der Waals surface area (Å²) in [5.74, 6) is -0.427. The average Bonchev–Trinajstić information content (AvgIpc) is 3.04. The Hall–Kier alpha value is -3.32. The van der Waals surface area contributed by atoms with Crippen molar-refractivity contribution < 1.29 is 24.2 Å². The van der Waals surface area contributed by atoms with Gasteiger partial charge in [0.25, 0.3) is 11.7 Å². The number of likely N-dealkylation sites (tertiary alicyclic amines) is 1. The summed E-state index contributed by atoms with van der Waals surface area (Å²) in [5, 5.41) is 11.3. The number of aryl methyl sites for hydroxylation is 2. The molecular formula is C26H32N2O5. The molecule has 1 aliphatic heterocycles. The van der Waals surface area contributed by atoms with Gasteiger partial charge in [-0.05, 0) is 70.2 Å². The van der Waals surface area contributed by atoms with E-state index in [0.29, 0.717) is 35.6 Å². The molecule has 1 fully saturated rings. The maximum atomic E-state index is 13.2. The molecule has 7 nitrogen and oxygen atoms in total. The van der Waals surface area contributed by atoms with Gasteiger partial charge in [0.15, 0.2) is 11.5 Å². The van der Waals surface area contributed by atoms with Crippen LogP contribution in [0.15, 0.2) is 42.0 Å². The van der Waals surface area contributed by atoms with Gasteiger partial charge in [0.05, 0.1) is 25.8 Å². The van der Waals surface area contributed by atoms with Crippen molar-refractivity contribution in [2.75, 3.05) is 41.4 Å². The van der Waals surface area contributed by atoms with Gasteiger partial charge in [-0.1, -0.05) is 23.8 Å². The molecule has 1 heterocycles. The number of rotatable bonds is 8. The molecule has 3 rings (SSSR count). The van der Waals surface area contributed by atoms with E-state index in [1.807, 2.05) is 51.0 Å². The number of methoxy groups -OCH3 is 2. The van der Waals surface area contributed by atoms with Crippen LogP contribution in [-0.2, 0) is 9.59 Å². The zero-order valence-corrected chi connectivity index (χ0v) is 20.1. The second-order valence-corrected chi connectivity index (χ2v) is 8.58. The van der Waals surface area contributed by atoms with E-state index < -0.39 is 17.7 Å². The van der Waals surface area contributed by atoms with Crippen LogP contribution in [0.2, 0.25) is 0 Å². The Morgan fingerprint density at radius 1 is 1.03 bits per heavy atom. The van der Waals surface area contributed by atoms with Crippen LogP contribution in [0.1, 0.15) is 34.7 Å². The zero-order chi connectivity index (χ0) is 24.3. The standard InChI is InChI=1S/C26H32N2O5/c1-16-8-9-17(2)19(14-16)24(29)22-23(18-10-11-20(32-5)21(15-18)33-6)28(26(31)25(22)30)13-7-12-27(3)4/h8-11,14-15,23,29H,7,12-13H2,1-6H3. The van der Waals surface area contributed by atoms with E-state index in [4.69, 9.17) is 9.47 Å². The summed E-state index contributed by atoms with van der Waals surface area (Å²) in [7, 11) is 7.00. The van der Waals surface area contributed by atoms with Gasteiger partial charge in [0.2, 0.25) is 0 Å². The normalized spacial score (nSPS) is 17.7. The van der Waals surface area contributed by atoms with Gasteiger partial charge in [-0.25, -0.2) is 0 Å². The Labute approximate surface area is 195 Å². The minimum Gasteiger partial charge on any atom is -0.507 e. The Bertz CT molecular complexity index is 1090.